The van der Waals surface area contributed by atoms with Gasteiger partial charge in [-0.1, -0.05) is 46.4 Å². The molecule has 1 atom stereocenters. The van der Waals surface area contributed by atoms with Gasteiger partial charge in [-0.2, -0.15) is 5.10 Å². The third kappa shape index (κ3) is 3.44. The molecule has 0 fully saturated rings. The molecule has 0 bridgehead atoms. The van der Waals surface area contributed by atoms with E-state index in [1.165, 1.54) is 0 Å². The van der Waals surface area contributed by atoms with Crippen LogP contribution in [0.15, 0.2) is 23.4 Å². The average Bonchev–Trinajstić information content (AvgIpc) is 2.74. The Morgan fingerprint density at radius 1 is 1.47 bits per heavy atom. The van der Waals surface area contributed by atoms with Gasteiger partial charge in [-0.25, -0.2) is 9.99 Å². The van der Waals surface area contributed by atoms with Gasteiger partial charge in [0.2, 0.25) is 3.79 Å². The highest BCUT2D eigenvalue weighted by atomic mass is 35.6. The number of methoxy groups -OCH3 is 1. The maximum Gasteiger partial charge on any atom is 0.213 e. The van der Waals surface area contributed by atoms with Gasteiger partial charge in [0.1, 0.15) is 6.04 Å². The first-order valence-corrected chi connectivity index (χ1v) is 6.96. The SMILES string of the molecule is COCC1=NN(c2ncccc2Cl)C(C(Cl)(Cl)Cl)C1. The normalized spacial score (nSPS) is 19.7. The summed E-state index contributed by atoms with van der Waals surface area (Å²) in [6.07, 6.45) is 2.09. The summed E-state index contributed by atoms with van der Waals surface area (Å²) in [5, 5.41) is 6.38. The zero-order valence-electron chi connectivity index (χ0n) is 9.99. The quantitative estimate of drug-likeness (QED) is 0.786. The van der Waals surface area contributed by atoms with Crippen molar-refractivity contribution in [1.29, 1.82) is 0 Å². The van der Waals surface area contributed by atoms with Crippen molar-refractivity contribution in [3.8, 4) is 0 Å². The van der Waals surface area contributed by atoms with Crippen molar-refractivity contribution in [3.05, 3.63) is 23.4 Å². The molecule has 0 aromatic carbocycles. The fraction of sp³-hybridized carbons (Fsp3) is 0.455. The number of halogens is 4. The van der Waals surface area contributed by atoms with Crippen molar-refractivity contribution in [1.82, 2.24) is 4.98 Å². The van der Waals surface area contributed by atoms with E-state index in [0.717, 1.165) is 5.71 Å². The molecule has 1 unspecified atom stereocenters. The van der Waals surface area contributed by atoms with Crippen LogP contribution in [0.5, 0.6) is 0 Å². The number of alkyl halides is 3. The van der Waals surface area contributed by atoms with Gasteiger partial charge in [0.15, 0.2) is 5.82 Å². The topological polar surface area (TPSA) is 37.7 Å². The summed E-state index contributed by atoms with van der Waals surface area (Å²) in [5.74, 6) is 0.464. The van der Waals surface area contributed by atoms with Crippen LogP contribution < -0.4 is 5.01 Å². The first-order valence-electron chi connectivity index (χ1n) is 5.45. The molecule has 0 radical (unpaired) electrons. The number of hydrogen-bond donors (Lipinski definition) is 0. The molecule has 1 aromatic heterocycles. The summed E-state index contributed by atoms with van der Waals surface area (Å²) in [6.45, 7) is 0.373. The fourth-order valence-corrected chi connectivity index (χ4v) is 2.54. The van der Waals surface area contributed by atoms with Crippen LogP contribution in [-0.4, -0.2) is 34.2 Å². The number of aromatic nitrogens is 1. The second-order valence-electron chi connectivity index (χ2n) is 4.01. The monoisotopic (exact) mass is 341 g/mol. The van der Waals surface area contributed by atoms with E-state index < -0.39 is 9.83 Å². The molecule has 0 amide bonds. The van der Waals surface area contributed by atoms with E-state index in [2.05, 4.69) is 10.1 Å². The van der Waals surface area contributed by atoms with Gasteiger partial charge in [-0.15, -0.1) is 0 Å². The van der Waals surface area contributed by atoms with Crippen molar-refractivity contribution in [2.75, 3.05) is 18.7 Å². The van der Waals surface area contributed by atoms with Crippen molar-refractivity contribution in [3.63, 3.8) is 0 Å². The Bertz CT molecular complexity index is 489. The van der Waals surface area contributed by atoms with E-state index in [1.54, 1.807) is 30.4 Å². The molecule has 8 heteroatoms. The second kappa shape index (κ2) is 6.02. The molecule has 19 heavy (non-hydrogen) atoms. The first kappa shape index (κ1) is 15.1. The van der Waals surface area contributed by atoms with E-state index in [4.69, 9.17) is 51.1 Å². The molecule has 0 aliphatic carbocycles. The summed E-state index contributed by atoms with van der Waals surface area (Å²) in [5.41, 5.74) is 0.778. The maximum atomic E-state index is 6.11. The molecule has 1 aliphatic heterocycles. The van der Waals surface area contributed by atoms with Gasteiger partial charge < -0.3 is 4.74 Å². The minimum Gasteiger partial charge on any atom is -0.379 e. The van der Waals surface area contributed by atoms with Crippen LogP contribution in [0, 0.1) is 0 Å². The average molecular weight is 343 g/mol. The molecule has 0 saturated carbocycles. The number of anilines is 1. The van der Waals surface area contributed by atoms with Crippen molar-refractivity contribution >= 4 is 57.9 Å². The molecule has 0 spiro atoms. The van der Waals surface area contributed by atoms with E-state index in [-0.39, 0.29) is 0 Å². The Morgan fingerprint density at radius 3 is 2.79 bits per heavy atom. The van der Waals surface area contributed by atoms with E-state index in [0.29, 0.717) is 23.9 Å². The van der Waals surface area contributed by atoms with Crippen LogP contribution in [0.1, 0.15) is 6.42 Å². The lowest BCUT2D eigenvalue weighted by Crippen LogP contribution is -2.38. The van der Waals surface area contributed by atoms with Crippen molar-refractivity contribution in [2.45, 2.75) is 16.3 Å². The summed E-state index contributed by atoms with van der Waals surface area (Å²) < 4.78 is 3.56. The lowest BCUT2D eigenvalue weighted by atomic mass is 10.2. The minimum atomic E-state index is -1.50. The Kier molecular flexibility index (Phi) is 4.79. The smallest absolute Gasteiger partial charge is 0.213 e. The predicted octanol–water partition coefficient (Wildman–Crippen LogP) is 3.69. The number of rotatable bonds is 3. The predicted molar refractivity (Wildman–Crippen MR) is 79.7 cm³/mol. The molecule has 104 valence electrons. The summed E-state index contributed by atoms with van der Waals surface area (Å²) >= 11 is 24.1. The number of nitrogens with zero attached hydrogens (tertiary/aromatic N) is 3. The molecule has 0 saturated heterocycles. The molecule has 4 nitrogen and oxygen atoms in total. The highest BCUT2D eigenvalue weighted by Crippen LogP contribution is 2.41. The molecule has 1 aromatic rings. The van der Waals surface area contributed by atoms with Crippen LogP contribution in [0.3, 0.4) is 0 Å². The lowest BCUT2D eigenvalue weighted by molar-refractivity contribution is 0.244. The highest BCUT2D eigenvalue weighted by Gasteiger charge is 2.43. The Morgan fingerprint density at radius 2 is 2.21 bits per heavy atom. The van der Waals surface area contributed by atoms with Crippen LogP contribution >= 0.6 is 46.4 Å². The zero-order valence-corrected chi connectivity index (χ0v) is 13.0. The van der Waals surface area contributed by atoms with Gasteiger partial charge in [0.25, 0.3) is 0 Å². The zero-order chi connectivity index (χ0) is 14.0. The lowest BCUT2D eigenvalue weighted by Gasteiger charge is -2.28. The third-order valence-electron chi connectivity index (χ3n) is 2.62. The summed E-state index contributed by atoms with van der Waals surface area (Å²) in [7, 11) is 1.59. The van der Waals surface area contributed by atoms with Crippen LogP contribution in [0.25, 0.3) is 0 Å². The number of hydrogen-bond acceptors (Lipinski definition) is 4. The largest absolute Gasteiger partial charge is 0.379 e. The second-order valence-corrected chi connectivity index (χ2v) is 6.79. The Hall–Kier alpha value is -0.260. The van der Waals surface area contributed by atoms with Gasteiger partial charge in [0.05, 0.1) is 17.3 Å². The van der Waals surface area contributed by atoms with Crippen molar-refractivity contribution in [2.24, 2.45) is 5.10 Å². The Balaban J connectivity index is 2.36. The van der Waals surface area contributed by atoms with E-state index in [9.17, 15) is 0 Å². The van der Waals surface area contributed by atoms with Crippen LogP contribution in [-0.2, 0) is 4.74 Å². The molecular weight excluding hydrogens is 332 g/mol. The van der Waals surface area contributed by atoms with E-state index >= 15 is 0 Å². The number of ether oxygens (including phenoxy) is 1. The number of hydrazone groups is 1. The van der Waals surface area contributed by atoms with Crippen molar-refractivity contribution < 1.29 is 4.74 Å². The van der Waals surface area contributed by atoms with E-state index in [1.807, 2.05) is 0 Å². The van der Waals surface area contributed by atoms with Gasteiger partial charge in [-0.3, -0.25) is 0 Å². The third-order valence-corrected chi connectivity index (χ3v) is 3.67. The fourth-order valence-electron chi connectivity index (χ4n) is 1.82. The maximum absolute atomic E-state index is 6.11. The standard InChI is InChI=1S/C11H11Cl4N3O/c1-19-6-7-5-9(11(13,14)15)18(17-7)10-8(12)3-2-4-16-10/h2-4,9H,5-6H2,1H3. The minimum absolute atomic E-state index is 0.373. The van der Waals surface area contributed by atoms with Gasteiger partial charge in [-0.05, 0) is 12.1 Å². The molecule has 2 heterocycles. The molecular formula is C11H11Cl4N3O. The van der Waals surface area contributed by atoms with Gasteiger partial charge in [0, 0.05) is 19.7 Å². The summed E-state index contributed by atoms with van der Waals surface area (Å²) in [4.78, 5) is 4.19. The Labute approximate surface area is 131 Å². The van der Waals surface area contributed by atoms with Crippen LogP contribution in [0.2, 0.25) is 5.02 Å². The molecule has 0 N–H and O–H groups in total. The molecule has 1 aliphatic rings. The molecule has 2 rings (SSSR count). The highest BCUT2D eigenvalue weighted by molar-refractivity contribution is 6.68. The van der Waals surface area contributed by atoms with Gasteiger partial charge >= 0.3 is 0 Å². The first-order chi connectivity index (χ1) is 8.93. The van der Waals surface area contributed by atoms with Crippen LogP contribution in [0.4, 0.5) is 5.82 Å². The summed E-state index contributed by atoms with van der Waals surface area (Å²) in [6, 6.07) is 2.98. The number of pyridine rings is 1.